The molecule has 2 N–H and O–H groups in total. The van der Waals surface area contributed by atoms with Crippen molar-refractivity contribution in [2.45, 2.75) is 25.8 Å². The van der Waals surface area contributed by atoms with Crippen molar-refractivity contribution >= 4 is 33.6 Å². The monoisotopic (exact) mass is 432 g/mol. The molecule has 3 heterocycles. The van der Waals surface area contributed by atoms with E-state index in [0.29, 0.717) is 30.0 Å². The van der Waals surface area contributed by atoms with Gasteiger partial charge in [0.25, 0.3) is 0 Å². The van der Waals surface area contributed by atoms with Crippen molar-refractivity contribution in [3.8, 4) is 5.75 Å². The Bertz CT molecular complexity index is 1400. The molecule has 32 heavy (non-hydrogen) atoms. The standard InChI is InChI=1S/C24H24N4O4/c1-14-3-6-21-20(11-14)26-24(31)28(21)15-7-9-27(10-8-15)22-17-5-4-16(32-2)12-19(17)25-13-18(22)23(29)30/h3-6,11-13,15H,7-10H2,1-2H3,(H,26,31)(H,29,30). The quantitative estimate of drug-likeness (QED) is 0.510. The molecule has 5 rings (SSSR count). The second kappa shape index (κ2) is 7.71. The maximum Gasteiger partial charge on any atom is 0.339 e. The van der Waals surface area contributed by atoms with Crippen LogP contribution in [0, 0.1) is 6.92 Å². The number of aryl methyl sites for hydroxylation is 1. The predicted molar refractivity (Wildman–Crippen MR) is 123 cm³/mol. The highest BCUT2D eigenvalue weighted by atomic mass is 16.5. The van der Waals surface area contributed by atoms with Gasteiger partial charge in [0, 0.05) is 36.8 Å². The summed E-state index contributed by atoms with van der Waals surface area (Å²) in [6.07, 6.45) is 2.89. The van der Waals surface area contributed by atoms with Crippen LogP contribution in [0.1, 0.15) is 34.8 Å². The fourth-order valence-corrected chi connectivity index (χ4v) is 4.74. The van der Waals surface area contributed by atoms with E-state index in [1.54, 1.807) is 7.11 Å². The van der Waals surface area contributed by atoms with Gasteiger partial charge >= 0.3 is 11.7 Å². The van der Waals surface area contributed by atoms with Crippen molar-refractivity contribution in [3.05, 3.63) is 64.2 Å². The lowest BCUT2D eigenvalue weighted by Gasteiger charge is -2.35. The number of benzene rings is 2. The van der Waals surface area contributed by atoms with E-state index >= 15 is 0 Å². The van der Waals surface area contributed by atoms with E-state index in [4.69, 9.17) is 4.74 Å². The molecule has 0 saturated carbocycles. The van der Waals surface area contributed by atoms with Crippen LogP contribution in [-0.2, 0) is 0 Å². The number of imidazole rings is 1. The normalized spacial score (nSPS) is 14.9. The van der Waals surface area contributed by atoms with Gasteiger partial charge < -0.3 is 19.7 Å². The van der Waals surface area contributed by atoms with Gasteiger partial charge in [0.05, 0.1) is 29.3 Å². The Kier molecular flexibility index (Phi) is 4.84. The Labute approximate surface area is 184 Å². The average molecular weight is 432 g/mol. The number of pyridine rings is 1. The maximum absolute atomic E-state index is 12.7. The zero-order chi connectivity index (χ0) is 22.4. The van der Waals surface area contributed by atoms with Gasteiger partial charge in [0.1, 0.15) is 11.3 Å². The van der Waals surface area contributed by atoms with Crippen molar-refractivity contribution in [3.63, 3.8) is 0 Å². The van der Waals surface area contributed by atoms with Gasteiger partial charge in [0.2, 0.25) is 0 Å². The second-order valence-electron chi connectivity index (χ2n) is 8.25. The molecule has 164 valence electrons. The molecule has 1 fully saturated rings. The number of carboxylic acids is 1. The lowest BCUT2D eigenvalue weighted by Crippen LogP contribution is -2.37. The molecule has 0 aliphatic carbocycles. The highest BCUT2D eigenvalue weighted by Gasteiger charge is 2.27. The number of aromatic carboxylic acids is 1. The Balaban J connectivity index is 1.49. The molecule has 8 nitrogen and oxygen atoms in total. The molecule has 0 unspecified atom stereocenters. The van der Waals surface area contributed by atoms with Crippen molar-refractivity contribution in [2.24, 2.45) is 0 Å². The molecule has 1 aliphatic rings. The Morgan fingerprint density at radius 1 is 1.19 bits per heavy atom. The number of H-pyrrole nitrogens is 1. The highest BCUT2D eigenvalue weighted by molar-refractivity contribution is 6.04. The number of hydrogen-bond donors (Lipinski definition) is 2. The first kappa shape index (κ1) is 20.1. The molecule has 2 aromatic carbocycles. The van der Waals surface area contributed by atoms with Gasteiger partial charge in [0.15, 0.2) is 0 Å². The minimum atomic E-state index is -1.00. The molecule has 0 atom stereocenters. The summed E-state index contributed by atoms with van der Waals surface area (Å²) in [7, 11) is 1.59. The third-order valence-corrected chi connectivity index (χ3v) is 6.30. The number of rotatable bonds is 4. The van der Waals surface area contributed by atoms with Crippen LogP contribution in [0.2, 0.25) is 0 Å². The summed E-state index contributed by atoms with van der Waals surface area (Å²) >= 11 is 0. The number of aromatic nitrogens is 3. The van der Waals surface area contributed by atoms with Crippen molar-refractivity contribution in [1.29, 1.82) is 0 Å². The fourth-order valence-electron chi connectivity index (χ4n) is 4.74. The number of aromatic amines is 1. The highest BCUT2D eigenvalue weighted by Crippen LogP contribution is 2.35. The summed E-state index contributed by atoms with van der Waals surface area (Å²) in [5.74, 6) is -0.331. The number of nitrogens with zero attached hydrogens (tertiary/aromatic N) is 3. The number of piperidine rings is 1. The third kappa shape index (κ3) is 3.28. The smallest absolute Gasteiger partial charge is 0.339 e. The number of fused-ring (bicyclic) bond motifs is 2. The summed E-state index contributed by atoms with van der Waals surface area (Å²) in [6.45, 7) is 3.28. The second-order valence-corrected chi connectivity index (χ2v) is 8.25. The molecule has 1 saturated heterocycles. The van der Waals surface area contributed by atoms with Crippen molar-refractivity contribution < 1.29 is 14.6 Å². The Hall–Kier alpha value is -3.81. The van der Waals surface area contributed by atoms with Crippen LogP contribution in [-0.4, -0.2) is 45.8 Å². The van der Waals surface area contributed by atoms with E-state index in [-0.39, 0.29) is 17.3 Å². The SMILES string of the molecule is COc1ccc2c(N3CCC(n4c(=O)[nH]c5cc(C)ccc54)CC3)c(C(=O)O)cnc2c1. The number of methoxy groups -OCH3 is 1. The van der Waals surface area contributed by atoms with Crippen LogP contribution in [0.5, 0.6) is 5.75 Å². The van der Waals surface area contributed by atoms with E-state index < -0.39 is 5.97 Å². The van der Waals surface area contributed by atoms with E-state index in [9.17, 15) is 14.7 Å². The molecule has 2 aromatic heterocycles. The van der Waals surface area contributed by atoms with E-state index in [2.05, 4.69) is 14.9 Å². The zero-order valence-electron chi connectivity index (χ0n) is 18.0. The van der Waals surface area contributed by atoms with Gasteiger partial charge in [-0.05, 0) is 49.6 Å². The van der Waals surface area contributed by atoms with E-state index in [0.717, 1.165) is 34.8 Å². The molecule has 0 spiro atoms. The molecular formula is C24H24N4O4. The van der Waals surface area contributed by atoms with Crippen LogP contribution in [0.25, 0.3) is 21.9 Å². The predicted octanol–water partition coefficient (Wildman–Crippen LogP) is 3.73. The molecule has 1 aliphatic heterocycles. The van der Waals surface area contributed by atoms with Crippen LogP contribution in [0.4, 0.5) is 5.69 Å². The summed E-state index contributed by atoms with van der Waals surface area (Å²) in [5, 5.41) is 10.6. The minimum absolute atomic E-state index is 0.0525. The first-order valence-electron chi connectivity index (χ1n) is 10.6. The van der Waals surface area contributed by atoms with Crippen LogP contribution in [0.15, 0.2) is 47.4 Å². The number of hydrogen-bond acceptors (Lipinski definition) is 5. The lowest BCUT2D eigenvalue weighted by atomic mass is 10.0. The van der Waals surface area contributed by atoms with Crippen LogP contribution < -0.4 is 15.3 Å². The number of nitrogens with one attached hydrogen (secondary N) is 1. The Morgan fingerprint density at radius 3 is 2.69 bits per heavy atom. The summed E-state index contributed by atoms with van der Waals surface area (Å²) < 4.78 is 7.14. The van der Waals surface area contributed by atoms with Crippen molar-refractivity contribution in [2.75, 3.05) is 25.1 Å². The van der Waals surface area contributed by atoms with Crippen molar-refractivity contribution in [1.82, 2.24) is 14.5 Å². The summed E-state index contributed by atoms with van der Waals surface area (Å²) in [4.78, 5) is 34.0. The molecule has 0 amide bonds. The largest absolute Gasteiger partial charge is 0.497 e. The summed E-state index contributed by atoms with van der Waals surface area (Å²) in [6, 6.07) is 11.5. The Morgan fingerprint density at radius 2 is 1.97 bits per heavy atom. The lowest BCUT2D eigenvalue weighted by molar-refractivity contribution is 0.0697. The number of carboxylic acid groups (broad SMARTS) is 1. The number of ether oxygens (including phenoxy) is 1. The van der Waals surface area contributed by atoms with Crippen LogP contribution in [0.3, 0.4) is 0 Å². The van der Waals surface area contributed by atoms with E-state index in [1.165, 1.54) is 6.20 Å². The fraction of sp³-hybridized carbons (Fsp3) is 0.292. The maximum atomic E-state index is 12.7. The van der Waals surface area contributed by atoms with Gasteiger partial charge in [-0.3, -0.25) is 9.55 Å². The molecule has 4 aromatic rings. The molecule has 0 radical (unpaired) electrons. The van der Waals surface area contributed by atoms with Gasteiger partial charge in [-0.2, -0.15) is 0 Å². The first-order chi connectivity index (χ1) is 15.5. The third-order valence-electron chi connectivity index (χ3n) is 6.30. The first-order valence-corrected chi connectivity index (χ1v) is 10.6. The topological polar surface area (TPSA) is 100 Å². The number of anilines is 1. The zero-order valence-corrected chi connectivity index (χ0v) is 18.0. The molecular weight excluding hydrogens is 408 g/mol. The van der Waals surface area contributed by atoms with E-state index in [1.807, 2.05) is 47.9 Å². The van der Waals surface area contributed by atoms with Crippen LogP contribution >= 0.6 is 0 Å². The molecule has 8 heteroatoms. The molecule has 0 bridgehead atoms. The van der Waals surface area contributed by atoms with Gasteiger partial charge in [-0.1, -0.05) is 6.07 Å². The average Bonchev–Trinajstić information content (AvgIpc) is 3.12. The van der Waals surface area contributed by atoms with Gasteiger partial charge in [-0.25, -0.2) is 9.59 Å². The summed E-state index contributed by atoms with van der Waals surface area (Å²) in [5.41, 5.74) is 4.30. The minimum Gasteiger partial charge on any atom is -0.497 e. The van der Waals surface area contributed by atoms with Gasteiger partial charge in [-0.15, -0.1) is 0 Å². The number of carbonyl (C=O) groups is 1.